The number of nitrogens with zero attached hydrogens (tertiary/aromatic N) is 1. The van der Waals surface area contributed by atoms with Gasteiger partial charge in [0.15, 0.2) is 5.69 Å². The van der Waals surface area contributed by atoms with Gasteiger partial charge < -0.3 is 21.1 Å². The van der Waals surface area contributed by atoms with E-state index in [-0.39, 0.29) is 24.6 Å². The van der Waals surface area contributed by atoms with E-state index >= 15 is 0 Å². The molecule has 1 heterocycles. The summed E-state index contributed by atoms with van der Waals surface area (Å²) in [6, 6.07) is -0.846. The average molecular weight is 300 g/mol. The Kier molecular flexibility index (Phi) is 5.91. The van der Waals surface area contributed by atoms with E-state index in [1.165, 1.54) is 12.4 Å². The number of hydrogen-bond acceptors (Lipinski definition) is 5. The molecule has 1 aromatic heterocycles. The molecule has 0 aromatic carbocycles. The highest BCUT2D eigenvalue weighted by Gasteiger charge is 2.15. The van der Waals surface area contributed by atoms with Gasteiger partial charge in [0.25, 0.3) is 0 Å². The molecule has 0 saturated heterocycles. The summed E-state index contributed by atoms with van der Waals surface area (Å²) < 4.78 is 0. The van der Waals surface area contributed by atoms with Gasteiger partial charge in [0.05, 0.1) is 6.04 Å². The van der Waals surface area contributed by atoms with E-state index in [2.05, 4.69) is 20.9 Å². The number of thiazole rings is 1. The van der Waals surface area contributed by atoms with Crippen molar-refractivity contribution >= 4 is 29.2 Å². The van der Waals surface area contributed by atoms with Crippen molar-refractivity contribution in [3.8, 4) is 0 Å². The largest absolute Gasteiger partial charge is 0.476 e. The third-order valence-corrected chi connectivity index (χ3v) is 3.40. The second-order valence-electron chi connectivity index (χ2n) is 3.92. The number of urea groups is 1. The molecule has 9 heteroatoms. The first-order valence-corrected chi connectivity index (χ1v) is 6.75. The predicted molar refractivity (Wildman–Crippen MR) is 72.7 cm³/mol. The highest BCUT2D eigenvalue weighted by molar-refractivity contribution is 7.09. The number of nitrogens with one attached hydrogen (secondary N) is 3. The highest BCUT2D eigenvalue weighted by Crippen LogP contribution is 2.17. The molecule has 4 N–H and O–H groups in total. The van der Waals surface area contributed by atoms with Gasteiger partial charge in [-0.2, -0.15) is 0 Å². The van der Waals surface area contributed by atoms with Crippen molar-refractivity contribution in [3.05, 3.63) is 16.1 Å². The first-order valence-electron chi connectivity index (χ1n) is 5.87. The third kappa shape index (κ3) is 4.84. The van der Waals surface area contributed by atoms with E-state index < -0.39 is 18.0 Å². The number of carboxylic acids is 1. The number of carbonyl (C=O) groups is 3. The van der Waals surface area contributed by atoms with Crippen molar-refractivity contribution in [2.24, 2.45) is 0 Å². The first-order chi connectivity index (χ1) is 9.43. The zero-order chi connectivity index (χ0) is 15.1. The van der Waals surface area contributed by atoms with Crippen LogP contribution in [0, 0.1) is 0 Å². The lowest BCUT2D eigenvalue weighted by molar-refractivity contribution is -0.120. The Bertz CT molecular complexity index is 502. The molecule has 110 valence electrons. The molecule has 1 atom stereocenters. The van der Waals surface area contributed by atoms with Crippen LogP contribution < -0.4 is 16.0 Å². The molecule has 20 heavy (non-hydrogen) atoms. The van der Waals surface area contributed by atoms with Crippen LogP contribution in [0.5, 0.6) is 0 Å². The molecule has 8 nitrogen and oxygen atoms in total. The van der Waals surface area contributed by atoms with Gasteiger partial charge in [0.2, 0.25) is 5.91 Å². The maximum absolute atomic E-state index is 11.5. The summed E-state index contributed by atoms with van der Waals surface area (Å²) in [5.74, 6) is -1.26. The summed E-state index contributed by atoms with van der Waals surface area (Å²) in [6.07, 6.45) is 0.193. The van der Waals surface area contributed by atoms with Gasteiger partial charge in [0, 0.05) is 25.4 Å². The van der Waals surface area contributed by atoms with Gasteiger partial charge in [-0.3, -0.25) is 4.79 Å². The van der Waals surface area contributed by atoms with Crippen LogP contribution >= 0.6 is 11.3 Å². The molecule has 0 radical (unpaired) electrons. The minimum atomic E-state index is -1.10. The number of carboxylic acid groups (broad SMARTS) is 1. The van der Waals surface area contributed by atoms with Gasteiger partial charge in [-0.15, -0.1) is 11.3 Å². The average Bonchev–Trinajstić information content (AvgIpc) is 2.88. The number of amides is 3. The molecule has 0 aliphatic carbocycles. The fourth-order valence-electron chi connectivity index (χ4n) is 1.31. The molecule has 1 rings (SSSR count). The Labute approximate surface area is 119 Å². The molecular weight excluding hydrogens is 284 g/mol. The summed E-state index contributed by atoms with van der Waals surface area (Å²) in [6.45, 7) is 1.92. The lowest BCUT2D eigenvalue weighted by Gasteiger charge is -2.12. The Morgan fingerprint density at radius 3 is 2.70 bits per heavy atom. The van der Waals surface area contributed by atoms with E-state index in [1.807, 2.05) is 0 Å². The molecule has 1 aromatic rings. The van der Waals surface area contributed by atoms with E-state index in [1.54, 1.807) is 6.92 Å². The summed E-state index contributed by atoms with van der Waals surface area (Å²) in [5, 5.41) is 18.3. The van der Waals surface area contributed by atoms with Crippen molar-refractivity contribution < 1.29 is 19.5 Å². The Morgan fingerprint density at radius 2 is 2.15 bits per heavy atom. The first kappa shape index (κ1) is 15.9. The normalized spacial score (nSPS) is 11.5. The topological polar surface area (TPSA) is 120 Å². The van der Waals surface area contributed by atoms with Crippen molar-refractivity contribution in [1.29, 1.82) is 0 Å². The molecule has 3 amide bonds. The smallest absolute Gasteiger partial charge is 0.355 e. The van der Waals surface area contributed by atoms with E-state index in [4.69, 9.17) is 5.11 Å². The molecule has 0 bridgehead atoms. The zero-order valence-corrected chi connectivity index (χ0v) is 11.9. The van der Waals surface area contributed by atoms with Crippen LogP contribution in [0.4, 0.5) is 4.79 Å². The third-order valence-electron chi connectivity index (χ3n) is 2.38. The van der Waals surface area contributed by atoms with Crippen LogP contribution in [0.25, 0.3) is 0 Å². The second kappa shape index (κ2) is 7.43. The molecule has 0 aliphatic rings. The Hall–Kier alpha value is -2.16. The van der Waals surface area contributed by atoms with Crippen LogP contribution in [0.3, 0.4) is 0 Å². The molecular formula is C11H16N4O4S. The van der Waals surface area contributed by atoms with Gasteiger partial charge in [0.1, 0.15) is 5.01 Å². The molecule has 0 aliphatic heterocycles. The summed E-state index contributed by atoms with van der Waals surface area (Å²) in [4.78, 5) is 37.1. The van der Waals surface area contributed by atoms with Crippen molar-refractivity contribution in [2.45, 2.75) is 19.4 Å². The van der Waals surface area contributed by atoms with Crippen LogP contribution in [0.15, 0.2) is 5.38 Å². The number of carbonyl (C=O) groups excluding carboxylic acids is 2. The maximum atomic E-state index is 11.5. The van der Waals surface area contributed by atoms with E-state index in [0.717, 1.165) is 11.3 Å². The lowest BCUT2D eigenvalue weighted by Crippen LogP contribution is -2.38. The van der Waals surface area contributed by atoms with Gasteiger partial charge in [-0.1, -0.05) is 0 Å². The zero-order valence-electron chi connectivity index (χ0n) is 11.1. The number of hydrogen-bond donors (Lipinski definition) is 4. The molecule has 0 fully saturated rings. The Morgan fingerprint density at radius 1 is 1.45 bits per heavy atom. The minimum absolute atomic E-state index is 0.0429. The number of rotatable bonds is 6. The Balaban J connectivity index is 2.40. The fourth-order valence-corrected chi connectivity index (χ4v) is 2.11. The van der Waals surface area contributed by atoms with Crippen LogP contribution in [-0.4, -0.2) is 41.6 Å². The summed E-state index contributed by atoms with van der Waals surface area (Å²) in [5.41, 5.74) is -0.0429. The quantitative estimate of drug-likeness (QED) is 0.603. The van der Waals surface area contributed by atoms with Gasteiger partial charge >= 0.3 is 12.0 Å². The number of aromatic nitrogens is 1. The van der Waals surface area contributed by atoms with Gasteiger partial charge in [-0.05, 0) is 6.92 Å². The molecule has 0 spiro atoms. The van der Waals surface area contributed by atoms with Crippen molar-refractivity contribution in [2.75, 3.05) is 13.6 Å². The fraction of sp³-hybridized carbons (Fsp3) is 0.455. The summed E-state index contributed by atoms with van der Waals surface area (Å²) in [7, 11) is 1.52. The van der Waals surface area contributed by atoms with E-state index in [0.29, 0.717) is 5.01 Å². The van der Waals surface area contributed by atoms with Crippen molar-refractivity contribution in [1.82, 2.24) is 20.9 Å². The second-order valence-corrected chi connectivity index (χ2v) is 4.81. The standard InChI is InChI=1S/C11H16N4O4S/c1-6(9-15-7(5-20-9)10(17)18)14-11(19)13-4-3-8(16)12-2/h5-6H,3-4H2,1-2H3,(H,12,16)(H,17,18)(H2,13,14,19). The molecule has 1 unspecified atom stereocenters. The van der Waals surface area contributed by atoms with Crippen LogP contribution in [-0.2, 0) is 4.79 Å². The minimum Gasteiger partial charge on any atom is -0.476 e. The van der Waals surface area contributed by atoms with E-state index in [9.17, 15) is 14.4 Å². The molecule has 0 saturated carbocycles. The van der Waals surface area contributed by atoms with Crippen LogP contribution in [0.2, 0.25) is 0 Å². The predicted octanol–water partition coefficient (Wildman–Crippen LogP) is 0.338. The monoisotopic (exact) mass is 300 g/mol. The van der Waals surface area contributed by atoms with Crippen LogP contribution in [0.1, 0.15) is 34.9 Å². The highest BCUT2D eigenvalue weighted by atomic mass is 32.1. The number of aromatic carboxylic acids is 1. The van der Waals surface area contributed by atoms with Gasteiger partial charge in [-0.25, -0.2) is 14.6 Å². The maximum Gasteiger partial charge on any atom is 0.355 e. The SMILES string of the molecule is CNC(=O)CCNC(=O)NC(C)c1nc(C(=O)O)cs1. The lowest BCUT2D eigenvalue weighted by atomic mass is 10.3. The summed E-state index contributed by atoms with van der Waals surface area (Å²) >= 11 is 1.16. The van der Waals surface area contributed by atoms with Crippen molar-refractivity contribution in [3.63, 3.8) is 0 Å².